The molecule has 682 valence electrons. The molecule has 0 amide bonds. The SMILES string of the molecule is CC1CC(=O)c2sc(Br)nc2C1.CCOC(=O)C(=O)c1c(C)cc2nc(Cl)sc2c1OS(=O)(=O)C(F)(F)F.CCOC(=O)C(O)c1c(C)cc2nc(Cl)sc2c1O.CCOC(=O)[C@@H](O)c1c(C)cc2nc(Cl)sc2c1OS(=O)(=O)C(F)(F)F.CCOC(=O)[C@@H](OC(C)(C)C)c1c(C)cc2nc(Cl)sc2c1OS(=O)(=O)C(F)(F)F.Cc1cc(O)c2sc(Br)nc2c1. The smallest absolute Gasteiger partial charge is 0.506 e. The number of esters is 4. The van der Waals surface area contributed by atoms with E-state index in [1.165, 1.54) is 82.4 Å². The normalized spacial score (nSPS) is 13.9. The van der Waals surface area contributed by atoms with E-state index < -0.39 is 129 Å². The predicted molar refractivity (Wildman–Crippen MR) is 456 cm³/mol. The molecule has 0 fully saturated rings. The number of carbonyl (C=O) groups is 6. The fourth-order valence-electron chi connectivity index (χ4n) is 11.0. The number of ketones is 2. The molecule has 2 unspecified atom stereocenters. The van der Waals surface area contributed by atoms with Crippen LogP contribution in [-0.4, -0.2) is 160 Å². The lowest BCUT2D eigenvalue weighted by atomic mass is 9.92. The third kappa shape index (κ3) is 25.8. The molecule has 0 spiro atoms. The second kappa shape index (κ2) is 42.0. The molecule has 0 saturated carbocycles. The van der Waals surface area contributed by atoms with E-state index in [0.717, 1.165) is 51.9 Å². The average Bonchev–Trinajstić information content (AvgIpc) is 1.73. The summed E-state index contributed by atoms with van der Waals surface area (Å²) in [5, 5.41) is 39.8. The molecule has 4 N–H and O–H groups in total. The molecule has 4 atom stereocenters. The van der Waals surface area contributed by atoms with Crippen molar-refractivity contribution in [3.8, 4) is 28.7 Å². The number of phenolic OH excluding ortho intramolecular Hbond substituents is 2. The van der Waals surface area contributed by atoms with Crippen LogP contribution in [0.4, 0.5) is 39.5 Å². The highest BCUT2D eigenvalue weighted by atomic mass is 79.9. The van der Waals surface area contributed by atoms with Crippen LogP contribution in [0.1, 0.15) is 150 Å². The van der Waals surface area contributed by atoms with E-state index in [1.54, 1.807) is 46.8 Å². The number of phenols is 2. The molecule has 0 aliphatic heterocycles. The highest BCUT2D eigenvalue weighted by Gasteiger charge is 2.52. The van der Waals surface area contributed by atoms with Gasteiger partial charge in [0.05, 0.1) is 94.5 Å². The van der Waals surface area contributed by atoms with Gasteiger partial charge in [0.25, 0.3) is 5.78 Å². The number of hydrogen-bond acceptors (Lipinski definition) is 36. The van der Waals surface area contributed by atoms with Gasteiger partial charge in [-0.05, 0) is 191 Å². The van der Waals surface area contributed by atoms with E-state index >= 15 is 0 Å². The molecule has 6 aromatic heterocycles. The minimum atomic E-state index is -6.11. The molecule has 1 aliphatic rings. The zero-order chi connectivity index (χ0) is 94.4. The first kappa shape index (κ1) is 105. The van der Waals surface area contributed by atoms with Crippen molar-refractivity contribution >= 4 is 263 Å². The van der Waals surface area contributed by atoms with E-state index in [2.05, 4.69) is 90.7 Å². The zero-order valence-electron chi connectivity index (χ0n) is 66.0. The molecule has 1 aliphatic carbocycles. The summed E-state index contributed by atoms with van der Waals surface area (Å²) in [5.74, 6) is -7.35. The Balaban J connectivity index is 0.000000211. The van der Waals surface area contributed by atoms with Gasteiger partial charge in [-0.3, -0.25) is 9.59 Å². The Morgan fingerprint density at radius 2 is 0.856 bits per heavy atom. The van der Waals surface area contributed by atoms with Crippen LogP contribution in [-0.2, 0) is 79.6 Å². The molecule has 0 radical (unpaired) electrons. The number of fused-ring (bicyclic) bond motifs is 6. The van der Waals surface area contributed by atoms with Gasteiger partial charge in [0, 0.05) is 23.1 Å². The van der Waals surface area contributed by atoms with Gasteiger partial charge >= 0.3 is 70.8 Å². The lowest BCUT2D eigenvalue weighted by Gasteiger charge is -2.28. The van der Waals surface area contributed by atoms with Crippen molar-refractivity contribution in [2.75, 3.05) is 26.4 Å². The highest BCUT2D eigenvalue weighted by Crippen LogP contribution is 2.49. The first-order chi connectivity index (χ1) is 57.6. The number of hydrogen-bond donors (Lipinski definition) is 4. The Hall–Kier alpha value is -7.38. The molecule has 30 nitrogen and oxygen atoms in total. The first-order valence-corrected chi connectivity index (χ1v) is 47.1. The van der Waals surface area contributed by atoms with Crippen molar-refractivity contribution in [1.82, 2.24) is 29.9 Å². The summed E-state index contributed by atoms with van der Waals surface area (Å²) < 4.78 is 225. The molecular weight excluding hydrogens is 2080 g/mol. The molecule has 6 heterocycles. The molecule has 125 heavy (non-hydrogen) atoms. The number of aromatic nitrogens is 6. The van der Waals surface area contributed by atoms with Crippen LogP contribution >= 0.6 is 146 Å². The Bertz CT molecular complexity index is 6320. The fraction of sp³-hybridized carbons (Fsp3) is 0.380. The molecular formula is C71H65Br2Cl4F9N6O24S9. The number of nitrogens with zero attached hydrogens (tertiary/aromatic N) is 6. The third-order valence-electron chi connectivity index (χ3n) is 15.9. The van der Waals surface area contributed by atoms with Crippen LogP contribution in [0.15, 0.2) is 44.2 Å². The number of ether oxygens (including phenoxy) is 5. The first-order valence-electron chi connectivity index (χ1n) is 34.9. The summed E-state index contributed by atoms with van der Waals surface area (Å²) in [7, 11) is -18.2. The standard InChI is InChI=1S/C17H19ClF3NO6S2.C13H11ClF3NO6S2.C13H9ClF3NO6S2.C12H12ClNO4S.C8H8BrNOS.C8H6BrNOS/c1-6-26-14(23)12(27-16(3,4)5)10-8(2)7-9-13(29-15(18)22-9)11(10)28-30(24,25)17(19,20)21;2*1-3-23-11(20)8(19)7-5(2)4-6-10(25-12(14)18-6)9(7)24-26(21,22)13(15,16)17;1-3-18-11(17)9(16)7-5(2)4-6-10(8(7)15)19-12(13)14-6;2*1-4-2-5-7(6(11)3-4)12-8(9)10-5/h7,12H,6H2,1-5H3;4,8,19H,3H2,1-2H3;4H,3H2,1-2H3;4,9,15-16H,3H2,1-2H3;4H,2-3H2,1H3;2-3,11H,1H3/t12-;8-;;;;/m00..../s1. The molecule has 0 bridgehead atoms. The second-order valence-electron chi connectivity index (χ2n) is 26.4. The molecule has 54 heteroatoms. The lowest BCUT2D eigenvalue weighted by Crippen LogP contribution is -2.31. The third-order valence-corrected chi connectivity index (χ3v) is 26.6. The van der Waals surface area contributed by atoms with Gasteiger partial charge in [0.1, 0.15) is 16.2 Å². The van der Waals surface area contributed by atoms with Gasteiger partial charge in [-0.25, -0.2) is 49.1 Å². The summed E-state index contributed by atoms with van der Waals surface area (Å²) >= 11 is 35.6. The minimum Gasteiger partial charge on any atom is -0.506 e. The van der Waals surface area contributed by atoms with Crippen molar-refractivity contribution < 1.29 is 150 Å². The van der Waals surface area contributed by atoms with E-state index in [1.807, 2.05) is 13.0 Å². The Kier molecular flexibility index (Phi) is 35.2. The topological polar surface area (TPSA) is 437 Å². The summed E-state index contributed by atoms with van der Waals surface area (Å²) in [5.41, 5.74) is -15.0. The Morgan fingerprint density at radius 3 is 1.30 bits per heavy atom. The van der Waals surface area contributed by atoms with Gasteiger partial charge in [0.2, 0.25) is 0 Å². The predicted octanol–water partition coefficient (Wildman–Crippen LogP) is 19.5. The largest absolute Gasteiger partial charge is 0.534 e. The van der Waals surface area contributed by atoms with Crippen LogP contribution in [0.25, 0.3) is 51.1 Å². The number of aliphatic hydroxyl groups is 2. The maximum atomic E-state index is 13.0. The number of rotatable bonds is 19. The van der Waals surface area contributed by atoms with Crippen LogP contribution in [0.2, 0.25) is 17.9 Å². The van der Waals surface area contributed by atoms with Crippen molar-refractivity contribution in [3.05, 3.63) is 123 Å². The Morgan fingerprint density at radius 1 is 0.488 bits per heavy atom. The van der Waals surface area contributed by atoms with E-state index in [0.29, 0.717) is 67.9 Å². The zero-order valence-corrected chi connectivity index (χ0v) is 79.5. The number of benzene rings is 5. The number of halogens is 15. The van der Waals surface area contributed by atoms with E-state index in [4.69, 9.17) is 60.6 Å². The molecule has 0 saturated heterocycles. The minimum absolute atomic E-state index is 0.00489. The maximum absolute atomic E-state index is 13.0. The summed E-state index contributed by atoms with van der Waals surface area (Å²) in [6.07, 6.45) is -3.53. The number of aryl methyl sites for hydroxylation is 5. The molecule has 5 aromatic carbocycles. The molecule has 11 aromatic rings. The number of carbonyl (C=O) groups excluding carboxylic acids is 6. The number of aromatic hydroxyl groups is 2. The fourth-order valence-corrected chi connectivity index (χ4v) is 19.7. The second-order valence-corrected chi connectivity index (χ2v) is 41.9. The average molecular weight is 2150 g/mol. The van der Waals surface area contributed by atoms with Gasteiger partial charge in [-0.2, -0.15) is 64.8 Å². The van der Waals surface area contributed by atoms with Crippen LogP contribution in [0, 0.1) is 40.5 Å². The van der Waals surface area contributed by atoms with Crippen molar-refractivity contribution in [3.63, 3.8) is 0 Å². The summed E-state index contributed by atoms with van der Waals surface area (Å²) in [6, 6.07) is 9.39. The van der Waals surface area contributed by atoms with E-state index in [-0.39, 0.29) is 114 Å². The Labute approximate surface area is 763 Å². The highest BCUT2D eigenvalue weighted by molar-refractivity contribution is 9.11. The van der Waals surface area contributed by atoms with Gasteiger partial charge in [-0.15, -0.1) is 22.7 Å². The maximum Gasteiger partial charge on any atom is 0.534 e. The number of thiazole rings is 6. The van der Waals surface area contributed by atoms with Gasteiger partial charge < -0.3 is 56.7 Å². The van der Waals surface area contributed by atoms with Gasteiger partial charge in [0.15, 0.2) is 67.0 Å². The van der Waals surface area contributed by atoms with Gasteiger partial charge in [-0.1, -0.05) is 98.7 Å². The summed E-state index contributed by atoms with van der Waals surface area (Å²) in [6.45, 7) is 20.5. The quantitative estimate of drug-likeness (QED) is 0.0111. The summed E-state index contributed by atoms with van der Waals surface area (Å²) in [4.78, 5) is 96.4. The van der Waals surface area contributed by atoms with Crippen molar-refractivity contribution in [2.45, 2.75) is 143 Å². The van der Waals surface area contributed by atoms with E-state index in [9.17, 15) is 114 Å². The monoisotopic (exact) mass is 2140 g/mol. The number of aliphatic hydroxyl groups excluding tert-OH is 2. The van der Waals surface area contributed by atoms with Crippen LogP contribution in [0.3, 0.4) is 0 Å². The van der Waals surface area contributed by atoms with Crippen LogP contribution in [0.5, 0.6) is 28.7 Å². The lowest BCUT2D eigenvalue weighted by molar-refractivity contribution is -0.167. The van der Waals surface area contributed by atoms with Crippen LogP contribution < -0.4 is 12.5 Å². The molecule has 12 rings (SSSR count). The number of alkyl halides is 9. The van der Waals surface area contributed by atoms with Crippen molar-refractivity contribution in [2.24, 2.45) is 5.92 Å². The number of Topliss-reactive ketones (excluding diaryl/α,β-unsaturated/α-hetero) is 2. The van der Waals surface area contributed by atoms with Crippen molar-refractivity contribution in [1.29, 1.82) is 0 Å².